The van der Waals surface area contributed by atoms with Crippen LogP contribution in [0.2, 0.25) is 0 Å². The molecular formula is C25H38N2O4. The van der Waals surface area contributed by atoms with Gasteiger partial charge in [0.05, 0.1) is 14.2 Å². The van der Waals surface area contributed by atoms with Gasteiger partial charge in [-0.15, -0.1) is 0 Å². The Balaban J connectivity index is 1.60. The SMILES string of the molecule is COc1cccc(CCN2CC[C@H]3CN(C(=O)CC(C)(C)C)CC[C@H]3CC2=O)c1OC. The van der Waals surface area contributed by atoms with Gasteiger partial charge in [0.15, 0.2) is 11.5 Å². The molecule has 0 aromatic heterocycles. The molecule has 0 radical (unpaired) electrons. The highest BCUT2D eigenvalue weighted by atomic mass is 16.5. The number of likely N-dealkylation sites (tertiary alicyclic amines) is 2. The number of nitrogens with zero attached hydrogens (tertiary/aromatic N) is 2. The van der Waals surface area contributed by atoms with Crippen molar-refractivity contribution in [2.75, 3.05) is 40.4 Å². The molecule has 0 N–H and O–H groups in total. The van der Waals surface area contributed by atoms with Crippen LogP contribution < -0.4 is 9.47 Å². The third kappa shape index (κ3) is 5.92. The van der Waals surface area contributed by atoms with Crippen LogP contribution in [0, 0.1) is 17.3 Å². The van der Waals surface area contributed by atoms with Crippen LogP contribution in [0.5, 0.6) is 11.5 Å². The van der Waals surface area contributed by atoms with Crippen LogP contribution in [0.3, 0.4) is 0 Å². The fourth-order valence-electron chi connectivity index (χ4n) is 4.91. The first-order valence-corrected chi connectivity index (χ1v) is 11.5. The van der Waals surface area contributed by atoms with Gasteiger partial charge in [0.1, 0.15) is 0 Å². The number of benzene rings is 1. The van der Waals surface area contributed by atoms with Crippen LogP contribution in [0.1, 0.15) is 52.0 Å². The lowest BCUT2D eigenvalue weighted by Gasteiger charge is -2.38. The van der Waals surface area contributed by atoms with Crippen molar-refractivity contribution in [3.63, 3.8) is 0 Å². The molecule has 31 heavy (non-hydrogen) atoms. The molecule has 3 rings (SSSR count). The molecule has 0 aliphatic carbocycles. The number of fused-ring (bicyclic) bond motifs is 1. The summed E-state index contributed by atoms with van der Waals surface area (Å²) in [5.41, 5.74) is 1.06. The Bertz CT molecular complexity index is 786. The standard InChI is InChI=1S/C25H38N2O4/c1-25(2,3)16-23(29)27-14-10-19-15-22(28)26(13-11-20(19)17-27)12-9-18-7-6-8-21(30-4)24(18)31-5/h6-8,19-20H,9-17H2,1-5H3/t19-,20-/m0/s1. The number of carbonyl (C=O) groups excluding carboxylic acids is 2. The lowest BCUT2D eigenvalue weighted by molar-refractivity contribution is -0.136. The first-order valence-electron chi connectivity index (χ1n) is 11.5. The van der Waals surface area contributed by atoms with Crippen molar-refractivity contribution >= 4 is 11.8 Å². The number of methoxy groups -OCH3 is 2. The zero-order chi connectivity index (χ0) is 22.6. The third-order valence-corrected chi connectivity index (χ3v) is 6.62. The molecule has 6 heteroatoms. The first kappa shape index (κ1) is 23.4. The second-order valence-electron chi connectivity index (χ2n) is 10.2. The molecule has 6 nitrogen and oxygen atoms in total. The Morgan fingerprint density at radius 3 is 2.52 bits per heavy atom. The van der Waals surface area contributed by atoms with E-state index < -0.39 is 0 Å². The number of para-hydroxylation sites is 1. The topological polar surface area (TPSA) is 59.1 Å². The van der Waals surface area contributed by atoms with Gasteiger partial charge in [0.2, 0.25) is 11.8 Å². The summed E-state index contributed by atoms with van der Waals surface area (Å²) in [4.78, 5) is 29.7. The van der Waals surface area contributed by atoms with E-state index in [1.165, 1.54) is 0 Å². The molecule has 1 aromatic rings. The highest BCUT2D eigenvalue weighted by Crippen LogP contribution is 2.34. The molecule has 0 saturated carbocycles. The first-order chi connectivity index (χ1) is 14.7. The maximum atomic E-state index is 13.0. The molecule has 2 heterocycles. The van der Waals surface area contributed by atoms with Crippen molar-refractivity contribution in [2.24, 2.45) is 17.3 Å². The minimum atomic E-state index is 0.00528. The van der Waals surface area contributed by atoms with Crippen LogP contribution in [-0.2, 0) is 16.0 Å². The second kappa shape index (κ2) is 9.92. The molecule has 2 atom stereocenters. The van der Waals surface area contributed by atoms with Crippen LogP contribution in [0.25, 0.3) is 0 Å². The van der Waals surface area contributed by atoms with Gasteiger partial charge in [-0.2, -0.15) is 0 Å². The van der Waals surface area contributed by atoms with Crippen molar-refractivity contribution in [2.45, 2.75) is 52.9 Å². The molecule has 2 amide bonds. The van der Waals surface area contributed by atoms with Gasteiger partial charge >= 0.3 is 0 Å². The minimum Gasteiger partial charge on any atom is -0.493 e. The van der Waals surface area contributed by atoms with Crippen LogP contribution in [0.15, 0.2) is 18.2 Å². The van der Waals surface area contributed by atoms with Crippen LogP contribution in [-0.4, -0.2) is 62.0 Å². The van der Waals surface area contributed by atoms with Crippen molar-refractivity contribution in [3.8, 4) is 11.5 Å². The Hall–Kier alpha value is -2.24. The van der Waals surface area contributed by atoms with Crippen LogP contribution >= 0.6 is 0 Å². The summed E-state index contributed by atoms with van der Waals surface area (Å²) in [6.07, 6.45) is 3.81. The average Bonchev–Trinajstić information content (AvgIpc) is 2.88. The summed E-state index contributed by atoms with van der Waals surface area (Å²) in [6, 6.07) is 5.87. The van der Waals surface area contributed by atoms with E-state index >= 15 is 0 Å². The molecule has 2 aliphatic heterocycles. The van der Waals surface area contributed by atoms with E-state index in [0.717, 1.165) is 50.2 Å². The summed E-state index contributed by atoms with van der Waals surface area (Å²) >= 11 is 0. The zero-order valence-electron chi connectivity index (χ0n) is 19.8. The number of amides is 2. The van der Waals surface area contributed by atoms with Gasteiger partial charge in [-0.25, -0.2) is 0 Å². The smallest absolute Gasteiger partial charge is 0.223 e. The van der Waals surface area contributed by atoms with Gasteiger partial charge in [-0.05, 0) is 48.1 Å². The number of hydrogen-bond acceptors (Lipinski definition) is 4. The van der Waals surface area contributed by atoms with Gasteiger partial charge in [0.25, 0.3) is 0 Å². The highest BCUT2D eigenvalue weighted by molar-refractivity contribution is 5.78. The summed E-state index contributed by atoms with van der Waals surface area (Å²) in [5, 5.41) is 0. The molecule has 0 unspecified atom stereocenters. The summed E-state index contributed by atoms with van der Waals surface area (Å²) in [5.74, 6) is 2.76. The Morgan fingerprint density at radius 1 is 1.10 bits per heavy atom. The average molecular weight is 431 g/mol. The monoisotopic (exact) mass is 430 g/mol. The maximum absolute atomic E-state index is 13.0. The molecule has 0 bridgehead atoms. The maximum Gasteiger partial charge on any atom is 0.223 e. The minimum absolute atomic E-state index is 0.00528. The quantitative estimate of drug-likeness (QED) is 0.689. The van der Waals surface area contributed by atoms with Crippen molar-refractivity contribution < 1.29 is 19.1 Å². The van der Waals surface area contributed by atoms with E-state index in [1.54, 1.807) is 14.2 Å². The van der Waals surface area contributed by atoms with Gasteiger partial charge in [-0.1, -0.05) is 32.9 Å². The normalized spacial score (nSPS) is 22.0. The third-order valence-electron chi connectivity index (χ3n) is 6.62. The lowest BCUT2D eigenvalue weighted by Crippen LogP contribution is -2.44. The Morgan fingerprint density at radius 2 is 1.84 bits per heavy atom. The van der Waals surface area contributed by atoms with Gasteiger partial charge in [-0.3, -0.25) is 9.59 Å². The number of piperidine rings is 1. The van der Waals surface area contributed by atoms with E-state index in [4.69, 9.17) is 9.47 Å². The molecule has 172 valence electrons. The fourth-order valence-corrected chi connectivity index (χ4v) is 4.91. The molecule has 2 fully saturated rings. The van der Waals surface area contributed by atoms with Crippen molar-refractivity contribution in [1.82, 2.24) is 9.80 Å². The van der Waals surface area contributed by atoms with Crippen molar-refractivity contribution in [1.29, 1.82) is 0 Å². The Labute approximate surface area is 186 Å². The molecular weight excluding hydrogens is 392 g/mol. The molecule has 2 saturated heterocycles. The van der Waals surface area contributed by atoms with E-state index in [-0.39, 0.29) is 17.2 Å². The van der Waals surface area contributed by atoms with E-state index in [9.17, 15) is 9.59 Å². The number of carbonyl (C=O) groups is 2. The number of rotatable bonds is 6. The van der Waals surface area contributed by atoms with E-state index in [2.05, 4.69) is 20.8 Å². The lowest BCUT2D eigenvalue weighted by atomic mass is 9.81. The van der Waals surface area contributed by atoms with E-state index in [0.29, 0.717) is 37.0 Å². The predicted octanol–water partition coefficient (Wildman–Crippen LogP) is 3.77. The Kier molecular flexibility index (Phi) is 7.50. The van der Waals surface area contributed by atoms with E-state index in [1.807, 2.05) is 28.0 Å². The predicted molar refractivity (Wildman–Crippen MR) is 121 cm³/mol. The van der Waals surface area contributed by atoms with Gasteiger partial charge < -0.3 is 19.3 Å². The zero-order valence-corrected chi connectivity index (χ0v) is 19.8. The largest absolute Gasteiger partial charge is 0.493 e. The van der Waals surface area contributed by atoms with Crippen LogP contribution in [0.4, 0.5) is 0 Å². The number of ether oxygens (including phenoxy) is 2. The molecule has 1 aromatic carbocycles. The van der Waals surface area contributed by atoms with Gasteiger partial charge in [0, 0.05) is 39.0 Å². The highest BCUT2D eigenvalue weighted by Gasteiger charge is 2.36. The fraction of sp³-hybridized carbons (Fsp3) is 0.680. The molecule has 0 spiro atoms. The molecule has 2 aliphatic rings. The summed E-state index contributed by atoms with van der Waals surface area (Å²) < 4.78 is 10.9. The van der Waals surface area contributed by atoms with Crippen molar-refractivity contribution in [3.05, 3.63) is 23.8 Å². The number of hydrogen-bond donors (Lipinski definition) is 0. The summed E-state index contributed by atoms with van der Waals surface area (Å²) in [6.45, 7) is 9.34. The second-order valence-corrected chi connectivity index (χ2v) is 10.2. The summed E-state index contributed by atoms with van der Waals surface area (Å²) in [7, 11) is 3.28.